The van der Waals surface area contributed by atoms with Crippen LogP contribution in [0.5, 0.6) is 0 Å². The van der Waals surface area contributed by atoms with Gasteiger partial charge >= 0.3 is 0 Å². The van der Waals surface area contributed by atoms with Gasteiger partial charge < -0.3 is 10.1 Å². The van der Waals surface area contributed by atoms with Crippen molar-refractivity contribution in [1.29, 1.82) is 0 Å². The molecule has 0 aromatic heterocycles. The van der Waals surface area contributed by atoms with Crippen molar-refractivity contribution >= 4 is 16.7 Å². The minimum atomic E-state index is -1.23. The molecule has 2 aromatic carbocycles. The second-order valence-corrected chi connectivity index (χ2v) is 8.38. The standard InChI is InChI=1S/C23H28N2O2S/c1-24-23-16-22(15-12-20(23)11-8-18-6-4-3-5-7-18)28(26)25-21-13-9-19(10-14-21)17-27-2/h3-7,12,15-16,19,21,24-25H,9-10,13-14,17H2,1-2H3. The Hall–Kier alpha value is -2.13. The summed E-state index contributed by atoms with van der Waals surface area (Å²) in [7, 11) is 2.39. The van der Waals surface area contributed by atoms with Crippen molar-refractivity contribution in [1.82, 2.24) is 4.72 Å². The average Bonchev–Trinajstić information content (AvgIpc) is 2.74. The van der Waals surface area contributed by atoms with E-state index < -0.39 is 11.0 Å². The highest BCUT2D eigenvalue weighted by Gasteiger charge is 2.22. The summed E-state index contributed by atoms with van der Waals surface area (Å²) in [6.45, 7) is 0.826. The predicted octanol–water partition coefficient (Wildman–Crippen LogP) is 3.95. The van der Waals surface area contributed by atoms with Crippen LogP contribution in [0.2, 0.25) is 0 Å². The number of methoxy groups -OCH3 is 1. The molecule has 2 aromatic rings. The fourth-order valence-corrected chi connectivity index (χ4v) is 4.61. The van der Waals surface area contributed by atoms with Gasteiger partial charge in [0.2, 0.25) is 0 Å². The Morgan fingerprint density at radius 2 is 1.82 bits per heavy atom. The average molecular weight is 397 g/mol. The Balaban J connectivity index is 1.65. The van der Waals surface area contributed by atoms with Crippen LogP contribution >= 0.6 is 0 Å². The minimum absolute atomic E-state index is 0.296. The summed E-state index contributed by atoms with van der Waals surface area (Å²) in [5.41, 5.74) is 2.76. The number of anilines is 1. The molecule has 0 amide bonds. The molecule has 4 nitrogen and oxygen atoms in total. The number of nitrogens with one attached hydrogen (secondary N) is 2. The van der Waals surface area contributed by atoms with Crippen LogP contribution in [0.3, 0.4) is 0 Å². The number of ether oxygens (including phenoxy) is 1. The van der Waals surface area contributed by atoms with Crippen LogP contribution < -0.4 is 10.0 Å². The number of rotatable bonds is 6. The maximum absolute atomic E-state index is 12.8. The molecule has 1 aliphatic rings. The zero-order valence-electron chi connectivity index (χ0n) is 16.5. The van der Waals surface area contributed by atoms with Gasteiger partial charge in [0.25, 0.3) is 0 Å². The van der Waals surface area contributed by atoms with Crippen molar-refractivity contribution in [3.05, 3.63) is 59.7 Å². The first-order valence-corrected chi connectivity index (χ1v) is 10.9. The molecule has 0 saturated heterocycles. The highest BCUT2D eigenvalue weighted by Crippen LogP contribution is 2.25. The first-order valence-electron chi connectivity index (χ1n) is 9.75. The van der Waals surface area contributed by atoms with Gasteiger partial charge in [-0.05, 0) is 61.9 Å². The van der Waals surface area contributed by atoms with Gasteiger partial charge in [0.05, 0.1) is 10.6 Å². The molecule has 0 spiro atoms. The van der Waals surface area contributed by atoms with E-state index in [0.717, 1.165) is 54.0 Å². The fourth-order valence-electron chi connectivity index (χ4n) is 3.52. The van der Waals surface area contributed by atoms with Crippen LogP contribution in [-0.4, -0.2) is 31.0 Å². The van der Waals surface area contributed by atoms with Crippen LogP contribution in [0.15, 0.2) is 53.4 Å². The van der Waals surface area contributed by atoms with Gasteiger partial charge in [-0.25, -0.2) is 8.93 Å². The van der Waals surface area contributed by atoms with E-state index in [2.05, 4.69) is 21.9 Å². The molecule has 0 aliphatic heterocycles. The SMILES string of the molecule is CNc1cc(S(=O)NC2CCC(COC)CC2)ccc1C#Cc1ccccc1. The van der Waals surface area contributed by atoms with Crippen molar-refractivity contribution in [2.75, 3.05) is 26.1 Å². The zero-order chi connectivity index (χ0) is 19.8. The van der Waals surface area contributed by atoms with Gasteiger partial charge in [0.1, 0.15) is 11.0 Å². The molecule has 0 bridgehead atoms. The van der Waals surface area contributed by atoms with Crippen molar-refractivity contribution in [3.8, 4) is 11.8 Å². The molecule has 1 fully saturated rings. The maximum atomic E-state index is 12.8. The van der Waals surface area contributed by atoms with Gasteiger partial charge in [0, 0.05) is 37.9 Å². The summed E-state index contributed by atoms with van der Waals surface area (Å²) >= 11 is 0. The molecule has 0 heterocycles. The molecule has 0 radical (unpaired) electrons. The summed E-state index contributed by atoms with van der Waals surface area (Å²) in [6.07, 6.45) is 4.33. The van der Waals surface area contributed by atoms with Crippen LogP contribution in [0.4, 0.5) is 5.69 Å². The lowest BCUT2D eigenvalue weighted by molar-refractivity contribution is 0.126. The highest BCUT2D eigenvalue weighted by molar-refractivity contribution is 7.83. The van der Waals surface area contributed by atoms with E-state index >= 15 is 0 Å². The molecule has 1 aliphatic carbocycles. The molecule has 28 heavy (non-hydrogen) atoms. The zero-order valence-corrected chi connectivity index (χ0v) is 17.4. The summed E-state index contributed by atoms with van der Waals surface area (Å²) in [5.74, 6) is 7.01. The second kappa shape index (κ2) is 10.4. The second-order valence-electron chi connectivity index (χ2n) is 7.13. The van der Waals surface area contributed by atoms with E-state index in [-0.39, 0.29) is 0 Å². The number of benzene rings is 2. The Morgan fingerprint density at radius 3 is 2.50 bits per heavy atom. The van der Waals surface area contributed by atoms with Crippen molar-refractivity contribution in [2.45, 2.75) is 36.6 Å². The quantitative estimate of drug-likeness (QED) is 0.727. The third-order valence-corrected chi connectivity index (χ3v) is 6.34. The molecule has 3 rings (SSSR count). The van der Waals surface area contributed by atoms with Crippen molar-refractivity contribution in [2.24, 2.45) is 5.92 Å². The van der Waals surface area contributed by atoms with Gasteiger partial charge in [0.15, 0.2) is 0 Å². The maximum Gasteiger partial charge on any atom is 0.125 e. The summed E-state index contributed by atoms with van der Waals surface area (Å²) in [6, 6.07) is 16.0. The monoisotopic (exact) mass is 396 g/mol. The highest BCUT2D eigenvalue weighted by atomic mass is 32.2. The summed E-state index contributed by atoms with van der Waals surface area (Å²) in [4.78, 5) is 0.772. The van der Waals surface area contributed by atoms with Gasteiger partial charge in [-0.1, -0.05) is 30.0 Å². The Kier molecular flexibility index (Phi) is 7.67. The van der Waals surface area contributed by atoms with Crippen LogP contribution in [-0.2, 0) is 15.7 Å². The Labute approximate surface area is 170 Å². The fraction of sp³-hybridized carbons (Fsp3) is 0.391. The number of hydrogen-bond acceptors (Lipinski definition) is 3. The summed E-state index contributed by atoms with van der Waals surface area (Å²) < 4.78 is 21.3. The normalized spacial score (nSPS) is 20.1. The van der Waals surface area contributed by atoms with E-state index in [1.54, 1.807) is 7.11 Å². The van der Waals surface area contributed by atoms with Gasteiger partial charge in [-0.15, -0.1) is 0 Å². The largest absolute Gasteiger partial charge is 0.387 e. The summed E-state index contributed by atoms with van der Waals surface area (Å²) in [5, 5.41) is 3.17. The van der Waals surface area contributed by atoms with E-state index in [1.807, 2.05) is 55.6 Å². The molecule has 1 unspecified atom stereocenters. The lowest BCUT2D eigenvalue weighted by Gasteiger charge is -2.28. The lowest BCUT2D eigenvalue weighted by atomic mass is 9.87. The smallest absolute Gasteiger partial charge is 0.125 e. The van der Waals surface area contributed by atoms with Crippen molar-refractivity contribution in [3.63, 3.8) is 0 Å². The van der Waals surface area contributed by atoms with Gasteiger partial charge in [-0.3, -0.25) is 0 Å². The Bertz CT molecular complexity index is 850. The first-order chi connectivity index (χ1) is 13.7. The molecule has 1 saturated carbocycles. The van der Waals surface area contributed by atoms with Gasteiger partial charge in [-0.2, -0.15) is 0 Å². The topological polar surface area (TPSA) is 50.4 Å². The molecular weight excluding hydrogens is 368 g/mol. The van der Waals surface area contributed by atoms with E-state index in [0.29, 0.717) is 12.0 Å². The lowest BCUT2D eigenvalue weighted by Crippen LogP contribution is -2.35. The van der Waals surface area contributed by atoms with E-state index in [1.165, 1.54) is 0 Å². The van der Waals surface area contributed by atoms with E-state index in [9.17, 15) is 4.21 Å². The van der Waals surface area contributed by atoms with Crippen LogP contribution in [0.1, 0.15) is 36.8 Å². The predicted molar refractivity (Wildman–Crippen MR) is 116 cm³/mol. The molecule has 1 atom stereocenters. The Morgan fingerprint density at radius 1 is 1.07 bits per heavy atom. The minimum Gasteiger partial charge on any atom is -0.387 e. The van der Waals surface area contributed by atoms with E-state index in [4.69, 9.17) is 4.74 Å². The van der Waals surface area contributed by atoms with Crippen LogP contribution in [0.25, 0.3) is 0 Å². The molecule has 2 N–H and O–H groups in total. The third-order valence-electron chi connectivity index (χ3n) is 5.11. The molecule has 5 heteroatoms. The third kappa shape index (κ3) is 5.68. The van der Waals surface area contributed by atoms with Crippen LogP contribution in [0, 0.1) is 17.8 Å². The number of hydrogen-bond donors (Lipinski definition) is 2. The molecular formula is C23H28N2O2S. The first kappa shape index (κ1) is 20.6. The van der Waals surface area contributed by atoms with Crippen molar-refractivity contribution < 1.29 is 8.95 Å². The molecule has 148 valence electrons.